The molecule has 1 aromatic heterocycles. The van der Waals surface area contributed by atoms with Gasteiger partial charge in [-0.3, -0.25) is 19.8 Å². The maximum atomic E-state index is 11.1. The molecule has 86 valence electrons. The normalized spacial score (nSPS) is 17.6. The van der Waals surface area contributed by atoms with E-state index in [9.17, 15) is 9.59 Å². The fourth-order valence-corrected chi connectivity index (χ4v) is 2.49. The summed E-state index contributed by atoms with van der Waals surface area (Å²) in [5.74, 6) is -0.466. The van der Waals surface area contributed by atoms with E-state index in [1.807, 2.05) is 6.20 Å². The molecule has 16 heavy (non-hydrogen) atoms. The molecule has 0 spiro atoms. The molecule has 1 aliphatic heterocycles. The van der Waals surface area contributed by atoms with Gasteiger partial charge in [-0.25, -0.2) is 4.98 Å². The summed E-state index contributed by atoms with van der Waals surface area (Å²) >= 11 is 1.63. The maximum absolute atomic E-state index is 11.1. The van der Waals surface area contributed by atoms with Gasteiger partial charge < -0.3 is 0 Å². The summed E-state index contributed by atoms with van der Waals surface area (Å²) in [6.45, 7) is 3.19. The molecule has 1 aromatic rings. The topological polar surface area (TPSA) is 62.3 Å². The van der Waals surface area contributed by atoms with Crippen molar-refractivity contribution in [3.05, 3.63) is 16.1 Å². The number of carbonyl (C=O) groups is 2. The van der Waals surface area contributed by atoms with Crippen molar-refractivity contribution in [3.63, 3.8) is 0 Å². The number of amides is 2. The predicted octanol–water partition coefficient (Wildman–Crippen LogP) is 0.164. The average Bonchev–Trinajstić information content (AvgIpc) is 2.64. The summed E-state index contributed by atoms with van der Waals surface area (Å²) in [5, 5.41) is 3.23. The molecular weight excluding hydrogens is 226 g/mol. The Bertz CT molecular complexity index is 400. The Labute approximate surface area is 97.5 Å². The van der Waals surface area contributed by atoms with Crippen molar-refractivity contribution in [1.82, 2.24) is 15.2 Å². The zero-order chi connectivity index (χ0) is 11.5. The van der Waals surface area contributed by atoms with E-state index in [0.29, 0.717) is 6.54 Å². The molecule has 2 rings (SSSR count). The third-order valence-corrected chi connectivity index (χ3v) is 3.45. The number of hydrogen-bond donors (Lipinski definition) is 1. The van der Waals surface area contributed by atoms with Crippen LogP contribution < -0.4 is 5.32 Å². The lowest BCUT2D eigenvalue weighted by molar-refractivity contribution is -0.136. The molecule has 1 fully saturated rings. The zero-order valence-corrected chi connectivity index (χ0v) is 9.84. The summed E-state index contributed by atoms with van der Waals surface area (Å²) in [7, 11) is 0. The molecule has 2 amide bonds. The maximum Gasteiger partial charge on any atom is 0.240 e. The van der Waals surface area contributed by atoms with Crippen molar-refractivity contribution in [1.29, 1.82) is 0 Å². The highest BCUT2D eigenvalue weighted by atomic mass is 32.1. The quantitative estimate of drug-likeness (QED) is 0.763. The molecule has 0 aliphatic carbocycles. The van der Waals surface area contributed by atoms with Crippen LogP contribution in [0.15, 0.2) is 6.20 Å². The van der Waals surface area contributed by atoms with E-state index in [0.717, 1.165) is 11.4 Å². The van der Waals surface area contributed by atoms with Gasteiger partial charge in [0.05, 0.1) is 19.6 Å². The van der Waals surface area contributed by atoms with Gasteiger partial charge in [-0.05, 0) is 6.42 Å². The summed E-state index contributed by atoms with van der Waals surface area (Å²) in [4.78, 5) is 29.6. The Morgan fingerprint density at radius 3 is 2.69 bits per heavy atom. The van der Waals surface area contributed by atoms with Crippen LogP contribution in [0.3, 0.4) is 0 Å². The van der Waals surface area contributed by atoms with Crippen LogP contribution in [0, 0.1) is 0 Å². The van der Waals surface area contributed by atoms with Gasteiger partial charge in [0.1, 0.15) is 5.01 Å². The highest BCUT2D eigenvalue weighted by Gasteiger charge is 2.22. The van der Waals surface area contributed by atoms with E-state index in [2.05, 4.69) is 17.2 Å². The molecular formula is C10H13N3O2S. The Morgan fingerprint density at radius 1 is 1.44 bits per heavy atom. The van der Waals surface area contributed by atoms with Gasteiger partial charge in [0, 0.05) is 11.1 Å². The Kier molecular flexibility index (Phi) is 3.31. The zero-order valence-electron chi connectivity index (χ0n) is 9.02. The first kappa shape index (κ1) is 11.2. The van der Waals surface area contributed by atoms with Crippen molar-refractivity contribution >= 4 is 23.2 Å². The van der Waals surface area contributed by atoms with E-state index in [1.165, 1.54) is 4.88 Å². The molecule has 0 bridgehead atoms. The van der Waals surface area contributed by atoms with Crippen molar-refractivity contribution in [3.8, 4) is 0 Å². The van der Waals surface area contributed by atoms with Crippen LogP contribution in [0.4, 0.5) is 0 Å². The van der Waals surface area contributed by atoms with Gasteiger partial charge in [0.2, 0.25) is 11.8 Å². The summed E-state index contributed by atoms with van der Waals surface area (Å²) in [5.41, 5.74) is 0. The number of thiazole rings is 1. The Balaban J connectivity index is 1.98. The lowest BCUT2D eigenvalue weighted by Crippen LogP contribution is -2.50. The summed E-state index contributed by atoms with van der Waals surface area (Å²) in [6, 6.07) is 0. The monoisotopic (exact) mass is 239 g/mol. The molecule has 1 saturated heterocycles. The first-order valence-electron chi connectivity index (χ1n) is 5.16. The third kappa shape index (κ3) is 2.65. The number of piperazine rings is 1. The highest BCUT2D eigenvalue weighted by Crippen LogP contribution is 2.15. The van der Waals surface area contributed by atoms with Crippen molar-refractivity contribution in [2.45, 2.75) is 19.9 Å². The van der Waals surface area contributed by atoms with E-state index in [4.69, 9.17) is 0 Å². The van der Waals surface area contributed by atoms with Crippen molar-refractivity contribution in [2.75, 3.05) is 13.1 Å². The smallest absolute Gasteiger partial charge is 0.240 e. The lowest BCUT2D eigenvalue weighted by atomic mass is 10.3. The van der Waals surface area contributed by atoms with Gasteiger partial charge in [0.25, 0.3) is 0 Å². The number of aromatic nitrogens is 1. The van der Waals surface area contributed by atoms with Gasteiger partial charge in [0.15, 0.2) is 0 Å². The summed E-state index contributed by atoms with van der Waals surface area (Å²) < 4.78 is 0. The highest BCUT2D eigenvalue weighted by molar-refractivity contribution is 7.11. The fourth-order valence-electron chi connectivity index (χ4n) is 1.58. The van der Waals surface area contributed by atoms with Crippen LogP contribution in [-0.2, 0) is 22.6 Å². The van der Waals surface area contributed by atoms with E-state index < -0.39 is 0 Å². The number of nitrogens with zero attached hydrogens (tertiary/aromatic N) is 2. The Morgan fingerprint density at radius 2 is 2.12 bits per heavy atom. The standard InChI is InChI=1S/C10H13N3O2S/c1-2-7-3-11-10(16-7)6-13-4-8(14)12-9(15)5-13/h3H,2,4-6H2,1H3,(H,12,14,15). The number of imide groups is 1. The second-order valence-electron chi connectivity index (χ2n) is 3.69. The largest absolute Gasteiger partial charge is 0.294 e. The molecule has 0 radical (unpaired) electrons. The number of nitrogens with one attached hydrogen (secondary N) is 1. The molecule has 0 unspecified atom stereocenters. The molecule has 0 atom stereocenters. The van der Waals surface area contributed by atoms with Crippen LogP contribution in [-0.4, -0.2) is 34.8 Å². The van der Waals surface area contributed by atoms with Crippen molar-refractivity contribution in [2.24, 2.45) is 0 Å². The second kappa shape index (κ2) is 4.71. The van der Waals surface area contributed by atoms with Gasteiger partial charge >= 0.3 is 0 Å². The van der Waals surface area contributed by atoms with E-state index >= 15 is 0 Å². The minimum absolute atomic E-state index is 0.233. The van der Waals surface area contributed by atoms with Gasteiger partial charge in [-0.15, -0.1) is 11.3 Å². The molecule has 1 aliphatic rings. The average molecular weight is 239 g/mol. The first-order valence-corrected chi connectivity index (χ1v) is 5.97. The van der Waals surface area contributed by atoms with Crippen LogP contribution >= 0.6 is 11.3 Å². The predicted molar refractivity (Wildman–Crippen MR) is 59.9 cm³/mol. The van der Waals surface area contributed by atoms with E-state index in [1.54, 1.807) is 16.2 Å². The number of hydrogen-bond acceptors (Lipinski definition) is 5. The van der Waals surface area contributed by atoms with Gasteiger partial charge in [-0.2, -0.15) is 0 Å². The lowest BCUT2D eigenvalue weighted by Gasteiger charge is -2.23. The molecule has 6 heteroatoms. The SMILES string of the molecule is CCc1cnc(CN2CC(=O)NC(=O)C2)s1. The number of rotatable bonds is 3. The van der Waals surface area contributed by atoms with Crippen molar-refractivity contribution < 1.29 is 9.59 Å². The molecule has 2 heterocycles. The first-order chi connectivity index (χ1) is 7.67. The minimum atomic E-state index is -0.233. The summed E-state index contributed by atoms with van der Waals surface area (Å²) in [6.07, 6.45) is 2.82. The minimum Gasteiger partial charge on any atom is -0.294 e. The Hall–Kier alpha value is -1.27. The van der Waals surface area contributed by atoms with Gasteiger partial charge in [-0.1, -0.05) is 6.92 Å². The third-order valence-electron chi connectivity index (χ3n) is 2.32. The molecule has 0 saturated carbocycles. The second-order valence-corrected chi connectivity index (χ2v) is 4.89. The molecule has 5 nitrogen and oxygen atoms in total. The van der Waals surface area contributed by atoms with E-state index in [-0.39, 0.29) is 24.9 Å². The fraction of sp³-hybridized carbons (Fsp3) is 0.500. The van der Waals surface area contributed by atoms with Crippen LogP contribution in [0.2, 0.25) is 0 Å². The molecule has 0 aromatic carbocycles. The van der Waals surface area contributed by atoms with Crippen LogP contribution in [0.25, 0.3) is 0 Å². The number of aryl methyl sites for hydroxylation is 1. The molecule has 1 N–H and O–H groups in total. The van der Waals surface area contributed by atoms with Crippen LogP contribution in [0.5, 0.6) is 0 Å². The number of carbonyl (C=O) groups excluding carboxylic acids is 2. The van der Waals surface area contributed by atoms with Crippen LogP contribution in [0.1, 0.15) is 16.8 Å².